The van der Waals surface area contributed by atoms with E-state index in [9.17, 15) is 0 Å². The van der Waals surface area contributed by atoms with Gasteiger partial charge < -0.3 is 0 Å². The van der Waals surface area contributed by atoms with Crippen LogP contribution in [0, 0.1) is 5.41 Å². The van der Waals surface area contributed by atoms with Gasteiger partial charge in [0.1, 0.15) is 5.88 Å². The van der Waals surface area contributed by atoms with Crippen molar-refractivity contribution in [2.24, 2.45) is 10.2 Å². The molecule has 0 aliphatic carbocycles. The Hall–Kier alpha value is -0.380. The van der Waals surface area contributed by atoms with Gasteiger partial charge in [0.05, 0.1) is 0 Å². The molecule has 0 unspecified atom stereocenters. The molecule has 1 heterocycles. The highest BCUT2D eigenvalue weighted by atomic mass is 32.2. The minimum absolute atomic E-state index is 0.329. The molecule has 0 saturated heterocycles. The number of azo groups is 1. The number of hydrogen-bond donors (Lipinski definition) is 1. The molecule has 0 aromatic heterocycles. The second-order valence-corrected chi connectivity index (χ2v) is 1.75. The lowest BCUT2D eigenvalue weighted by Crippen LogP contribution is -1.69. The van der Waals surface area contributed by atoms with Crippen molar-refractivity contribution in [2.45, 2.75) is 0 Å². The predicted octanol–water partition coefficient (Wildman–Crippen LogP) is 1.08. The third-order valence-corrected chi connectivity index (χ3v) is 1.02. The van der Waals surface area contributed by atoms with Crippen LogP contribution in [0.2, 0.25) is 0 Å². The van der Waals surface area contributed by atoms with E-state index in [1.54, 1.807) is 0 Å². The van der Waals surface area contributed by atoms with E-state index < -0.39 is 0 Å². The number of thioether (sulfide) groups is 1. The van der Waals surface area contributed by atoms with Gasteiger partial charge >= 0.3 is 0 Å². The van der Waals surface area contributed by atoms with Crippen LogP contribution in [0.25, 0.3) is 0 Å². The monoisotopic (exact) mass is 101 g/mol. The van der Waals surface area contributed by atoms with Crippen LogP contribution in [0.3, 0.4) is 0 Å². The Labute approximate surface area is 39.4 Å². The summed E-state index contributed by atoms with van der Waals surface area (Å²) in [5.41, 5.74) is 0. The van der Waals surface area contributed by atoms with Gasteiger partial charge in [-0.3, -0.25) is 5.41 Å². The van der Waals surface area contributed by atoms with Gasteiger partial charge in [-0.2, -0.15) is 5.11 Å². The zero-order chi connectivity index (χ0) is 4.41. The van der Waals surface area contributed by atoms with Gasteiger partial charge in [0.25, 0.3) is 0 Å². The SMILES string of the molecule is N=C1N=NCS1. The van der Waals surface area contributed by atoms with Gasteiger partial charge in [0.15, 0.2) is 0 Å². The first-order valence-corrected chi connectivity index (χ1v) is 2.47. The van der Waals surface area contributed by atoms with Crippen LogP contribution < -0.4 is 0 Å². The maximum atomic E-state index is 6.75. The first kappa shape index (κ1) is 3.80. The molecule has 0 amide bonds. The van der Waals surface area contributed by atoms with Crippen LogP contribution in [0.4, 0.5) is 0 Å². The quantitative estimate of drug-likeness (QED) is 0.487. The predicted molar refractivity (Wildman–Crippen MR) is 25.0 cm³/mol. The van der Waals surface area contributed by atoms with Crippen molar-refractivity contribution in [3.63, 3.8) is 0 Å². The summed E-state index contributed by atoms with van der Waals surface area (Å²) in [4.78, 5) is 0. The van der Waals surface area contributed by atoms with Gasteiger partial charge in [0.2, 0.25) is 5.17 Å². The highest BCUT2D eigenvalue weighted by Gasteiger charge is 1.98. The molecule has 0 aromatic carbocycles. The highest BCUT2D eigenvalue weighted by Crippen LogP contribution is 2.10. The van der Waals surface area contributed by atoms with Crippen LogP contribution in [0.15, 0.2) is 10.2 Å². The summed E-state index contributed by atoms with van der Waals surface area (Å²) in [6.45, 7) is 0. The lowest BCUT2D eigenvalue weighted by atomic mass is 11.4. The second kappa shape index (κ2) is 1.38. The summed E-state index contributed by atoms with van der Waals surface area (Å²) < 4.78 is 0. The molecule has 0 bridgehead atoms. The molecule has 1 aliphatic heterocycles. The fourth-order valence-corrected chi connectivity index (χ4v) is 0.565. The molecule has 1 aliphatic rings. The number of rotatable bonds is 0. The van der Waals surface area contributed by atoms with Crippen LogP contribution in [-0.2, 0) is 0 Å². The maximum absolute atomic E-state index is 6.75. The van der Waals surface area contributed by atoms with Crippen molar-refractivity contribution in [3.8, 4) is 0 Å². The van der Waals surface area contributed by atoms with Gasteiger partial charge in [0, 0.05) is 0 Å². The molecule has 0 radical (unpaired) electrons. The summed E-state index contributed by atoms with van der Waals surface area (Å²) >= 11 is 1.35. The van der Waals surface area contributed by atoms with Crippen LogP contribution in [-0.4, -0.2) is 11.0 Å². The molecule has 0 fully saturated rings. The van der Waals surface area contributed by atoms with Gasteiger partial charge in [-0.1, -0.05) is 11.8 Å². The first-order valence-electron chi connectivity index (χ1n) is 1.48. The number of nitrogens with one attached hydrogen (secondary N) is 1. The van der Waals surface area contributed by atoms with E-state index >= 15 is 0 Å². The third kappa shape index (κ3) is 0.567. The fraction of sp³-hybridized carbons (Fsp3) is 0.500. The first-order chi connectivity index (χ1) is 2.89. The zero-order valence-electron chi connectivity index (χ0n) is 3.01. The van der Waals surface area contributed by atoms with E-state index in [0.29, 0.717) is 11.0 Å². The summed E-state index contributed by atoms with van der Waals surface area (Å²) in [5, 5.41) is 14.0. The number of amidine groups is 1. The van der Waals surface area contributed by atoms with Crippen LogP contribution in [0.5, 0.6) is 0 Å². The van der Waals surface area contributed by atoms with Crippen molar-refractivity contribution in [1.29, 1.82) is 5.41 Å². The van der Waals surface area contributed by atoms with Gasteiger partial charge in [-0.25, -0.2) is 0 Å². The van der Waals surface area contributed by atoms with E-state index in [0.717, 1.165) is 0 Å². The topological polar surface area (TPSA) is 48.6 Å². The average molecular weight is 101 g/mol. The van der Waals surface area contributed by atoms with Crippen molar-refractivity contribution in [2.75, 3.05) is 5.88 Å². The summed E-state index contributed by atoms with van der Waals surface area (Å²) in [6.07, 6.45) is 0. The van der Waals surface area contributed by atoms with Crippen molar-refractivity contribution in [1.82, 2.24) is 0 Å². The Kier molecular flexibility index (Phi) is 0.874. The van der Waals surface area contributed by atoms with Crippen molar-refractivity contribution >= 4 is 16.9 Å². The van der Waals surface area contributed by atoms with Crippen LogP contribution in [0.1, 0.15) is 0 Å². The van der Waals surface area contributed by atoms with Crippen molar-refractivity contribution in [3.05, 3.63) is 0 Å². The second-order valence-electron chi connectivity index (χ2n) is 0.820. The van der Waals surface area contributed by atoms with Gasteiger partial charge in [-0.15, -0.1) is 5.11 Å². The molecule has 0 saturated carbocycles. The standard InChI is InChI=1S/C2H3N3S/c3-2-5-4-1-6-2/h3H,1H2. The molecule has 3 nitrogen and oxygen atoms in total. The molecule has 0 aromatic rings. The Balaban J connectivity index is 2.59. The van der Waals surface area contributed by atoms with Crippen LogP contribution >= 0.6 is 11.8 Å². The molecule has 4 heteroatoms. The van der Waals surface area contributed by atoms with E-state index in [1.165, 1.54) is 11.8 Å². The van der Waals surface area contributed by atoms with E-state index in [4.69, 9.17) is 5.41 Å². The van der Waals surface area contributed by atoms with E-state index in [1.807, 2.05) is 0 Å². The molecule has 1 N–H and O–H groups in total. The smallest absolute Gasteiger partial charge is 0.203 e. The highest BCUT2D eigenvalue weighted by molar-refractivity contribution is 8.13. The molecule has 32 valence electrons. The van der Waals surface area contributed by atoms with E-state index in [2.05, 4.69) is 10.2 Å². The van der Waals surface area contributed by atoms with Crippen molar-refractivity contribution < 1.29 is 0 Å². The number of nitrogens with zero attached hydrogens (tertiary/aromatic N) is 2. The minimum atomic E-state index is 0.329. The Morgan fingerprint density at radius 1 is 1.83 bits per heavy atom. The Morgan fingerprint density at radius 2 is 2.67 bits per heavy atom. The molecule has 0 atom stereocenters. The Morgan fingerprint density at radius 3 is 2.83 bits per heavy atom. The number of hydrogen-bond acceptors (Lipinski definition) is 3. The Bertz CT molecular complexity index is 97.0. The fourth-order valence-electron chi connectivity index (χ4n) is 0.212. The molecule has 0 spiro atoms. The third-order valence-electron chi connectivity index (χ3n) is 0.421. The van der Waals surface area contributed by atoms with Gasteiger partial charge in [-0.05, 0) is 0 Å². The average Bonchev–Trinajstić information content (AvgIpc) is 1.86. The largest absolute Gasteiger partial charge is 0.275 e. The lowest BCUT2D eigenvalue weighted by Gasteiger charge is -1.70. The maximum Gasteiger partial charge on any atom is 0.203 e. The summed E-state index contributed by atoms with van der Waals surface area (Å²) in [6, 6.07) is 0. The molecular formula is C2H3N3S. The molecule has 1 rings (SSSR count). The lowest BCUT2D eigenvalue weighted by molar-refractivity contribution is 1.20. The summed E-state index contributed by atoms with van der Waals surface area (Å²) in [7, 11) is 0. The minimum Gasteiger partial charge on any atom is -0.275 e. The normalized spacial score (nSPS) is 19.7. The molecule has 6 heavy (non-hydrogen) atoms. The van der Waals surface area contributed by atoms with E-state index in [-0.39, 0.29) is 0 Å². The zero-order valence-corrected chi connectivity index (χ0v) is 3.83. The molecular weight excluding hydrogens is 98.1 g/mol. The summed E-state index contributed by atoms with van der Waals surface area (Å²) in [5.74, 6) is 0.638.